The fraction of sp³-hybridized carbons (Fsp3) is 0.381. The average Bonchev–Trinajstić information content (AvgIpc) is 2.74. The first-order valence-corrected chi connectivity index (χ1v) is 11.3. The van der Waals surface area contributed by atoms with Crippen molar-refractivity contribution in [2.24, 2.45) is 0 Å². The van der Waals surface area contributed by atoms with Gasteiger partial charge in [0.05, 0.1) is 18.1 Å². The summed E-state index contributed by atoms with van der Waals surface area (Å²) in [6.07, 6.45) is -1.15. The third-order valence-electron chi connectivity index (χ3n) is 4.92. The average molecular weight is 464 g/mol. The predicted molar refractivity (Wildman–Crippen MR) is 114 cm³/mol. The zero-order chi connectivity index (χ0) is 23.5. The van der Waals surface area contributed by atoms with Crippen LogP contribution >= 0.6 is 0 Å². The van der Waals surface area contributed by atoms with Gasteiger partial charge in [-0.05, 0) is 50.6 Å². The summed E-state index contributed by atoms with van der Waals surface area (Å²) in [6.45, 7) is 5.69. The van der Waals surface area contributed by atoms with Crippen LogP contribution in [0.15, 0.2) is 44.4 Å². The Morgan fingerprint density at radius 1 is 1.12 bits per heavy atom. The number of anilines is 1. The van der Waals surface area contributed by atoms with Crippen LogP contribution in [0.4, 0.5) is 5.69 Å². The standard InChI is InChI=1S/C21H24N2O8S/c1-13-12-18(24)30-14(2)19(13)21(26)31-15(3)20(25)22-16-4-6-17(7-5-16)32(27,28)23-8-10-29-11-9-23/h4-7,12,15H,8-11H2,1-3H3,(H,22,25). The van der Waals surface area contributed by atoms with Crippen LogP contribution < -0.4 is 10.9 Å². The minimum absolute atomic E-state index is 0.0851. The third-order valence-corrected chi connectivity index (χ3v) is 6.83. The molecule has 0 aliphatic carbocycles. The lowest BCUT2D eigenvalue weighted by Crippen LogP contribution is -2.40. The Balaban J connectivity index is 1.64. The number of hydrogen-bond acceptors (Lipinski definition) is 8. The normalized spacial score (nSPS) is 15.7. The van der Waals surface area contributed by atoms with E-state index in [4.69, 9.17) is 13.9 Å². The van der Waals surface area contributed by atoms with Crippen LogP contribution in [0.25, 0.3) is 0 Å². The second-order valence-corrected chi connectivity index (χ2v) is 9.20. The van der Waals surface area contributed by atoms with Crippen molar-refractivity contribution in [1.29, 1.82) is 0 Å². The molecular formula is C21H24N2O8S. The van der Waals surface area contributed by atoms with E-state index < -0.39 is 33.6 Å². The monoisotopic (exact) mass is 464 g/mol. The maximum absolute atomic E-state index is 12.7. The molecule has 2 aromatic rings. The maximum atomic E-state index is 12.7. The van der Waals surface area contributed by atoms with Crippen LogP contribution in [0.3, 0.4) is 0 Å². The van der Waals surface area contributed by atoms with E-state index in [0.717, 1.165) is 0 Å². The van der Waals surface area contributed by atoms with E-state index in [9.17, 15) is 22.8 Å². The van der Waals surface area contributed by atoms with E-state index >= 15 is 0 Å². The molecule has 0 bridgehead atoms. The van der Waals surface area contributed by atoms with Gasteiger partial charge < -0.3 is 19.2 Å². The van der Waals surface area contributed by atoms with Crippen molar-refractivity contribution in [2.45, 2.75) is 31.8 Å². The zero-order valence-electron chi connectivity index (χ0n) is 17.9. The highest BCUT2D eigenvalue weighted by Gasteiger charge is 2.27. The van der Waals surface area contributed by atoms with Gasteiger partial charge in [0, 0.05) is 24.8 Å². The van der Waals surface area contributed by atoms with Crippen LogP contribution in [0, 0.1) is 13.8 Å². The lowest BCUT2D eigenvalue weighted by atomic mass is 10.1. The molecule has 3 rings (SSSR count). The van der Waals surface area contributed by atoms with Crippen molar-refractivity contribution < 1.29 is 31.9 Å². The summed E-state index contributed by atoms with van der Waals surface area (Å²) in [5, 5.41) is 2.58. The van der Waals surface area contributed by atoms with Gasteiger partial charge >= 0.3 is 11.6 Å². The molecule has 1 aliphatic rings. The molecule has 2 heterocycles. The lowest BCUT2D eigenvalue weighted by Gasteiger charge is -2.26. The first-order valence-electron chi connectivity index (χ1n) is 9.91. The fourth-order valence-electron chi connectivity index (χ4n) is 3.23. The van der Waals surface area contributed by atoms with E-state index in [1.807, 2.05) is 0 Å². The number of ether oxygens (including phenoxy) is 2. The number of benzene rings is 1. The van der Waals surface area contributed by atoms with E-state index in [0.29, 0.717) is 24.5 Å². The Morgan fingerprint density at radius 2 is 1.75 bits per heavy atom. The molecule has 1 unspecified atom stereocenters. The molecule has 1 saturated heterocycles. The molecule has 1 N–H and O–H groups in total. The minimum Gasteiger partial charge on any atom is -0.449 e. The van der Waals surface area contributed by atoms with Gasteiger partial charge in [-0.3, -0.25) is 4.79 Å². The maximum Gasteiger partial charge on any atom is 0.342 e. The molecule has 0 spiro atoms. The summed E-state index contributed by atoms with van der Waals surface area (Å²) >= 11 is 0. The Morgan fingerprint density at radius 3 is 2.34 bits per heavy atom. The Hall–Kier alpha value is -3.02. The number of nitrogens with one attached hydrogen (secondary N) is 1. The molecule has 32 heavy (non-hydrogen) atoms. The van der Waals surface area contributed by atoms with Crippen LogP contribution in [-0.2, 0) is 24.3 Å². The van der Waals surface area contributed by atoms with Crippen LogP contribution in [0.1, 0.15) is 28.6 Å². The smallest absolute Gasteiger partial charge is 0.342 e. The largest absolute Gasteiger partial charge is 0.449 e. The molecule has 1 atom stereocenters. The number of amides is 1. The van der Waals surface area contributed by atoms with Gasteiger partial charge in [-0.2, -0.15) is 4.31 Å². The topological polar surface area (TPSA) is 132 Å². The molecule has 1 aromatic carbocycles. The van der Waals surface area contributed by atoms with E-state index in [1.165, 1.54) is 48.5 Å². The number of rotatable bonds is 6. The Bertz CT molecular complexity index is 1140. The van der Waals surface area contributed by atoms with Crippen molar-refractivity contribution in [3.05, 3.63) is 57.6 Å². The molecule has 0 saturated carbocycles. The lowest BCUT2D eigenvalue weighted by molar-refractivity contribution is -0.123. The summed E-state index contributed by atoms with van der Waals surface area (Å²) in [4.78, 5) is 36.3. The van der Waals surface area contributed by atoms with E-state index in [2.05, 4.69) is 5.32 Å². The summed E-state index contributed by atoms with van der Waals surface area (Å²) < 4.78 is 42.0. The van der Waals surface area contributed by atoms with Gasteiger partial charge in [-0.1, -0.05) is 0 Å². The number of nitrogens with zero attached hydrogens (tertiary/aromatic N) is 1. The first kappa shape index (κ1) is 23.6. The third kappa shape index (κ3) is 5.23. The van der Waals surface area contributed by atoms with Gasteiger partial charge in [0.25, 0.3) is 5.91 Å². The number of sulfonamides is 1. The molecule has 0 radical (unpaired) electrons. The second-order valence-electron chi connectivity index (χ2n) is 7.26. The van der Waals surface area contributed by atoms with E-state index in [1.54, 1.807) is 6.92 Å². The van der Waals surface area contributed by atoms with Crippen molar-refractivity contribution >= 4 is 27.6 Å². The number of morpholine rings is 1. The highest BCUT2D eigenvalue weighted by molar-refractivity contribution is 7.89. The van der Waals surface area contributed by atoms with Gasteiger partial charge in [0.2, 0.25) is 10.0 Å². The quantitative estimate of drug-likeness (QED) is 0.636. The van der Waals surface area contributed by atoms with Crippen LogP contribution in [0.5, 0.6) is 0 Å². The van der Waals surface area contributed by atoms with Crippen LogP contribution in [-0.4, -0.2) is 57.0 Å². The number of hydrogen-bond donors (Lipinski definition) is 1. The summed E-state index contributed by atoms with van der Waals surface area (Å²) in [5.41, 5.74) is 0.230. The van der Waals surface area contributed by atoms with Gasteiger partial charge in [-0.25, -0.2) is 18.0 Å². The number of aryl methyl sites for hydroxylation is 2. The molecule has 11 heteroatoms. The SMILES string of the molecule is Cc1cc(=O)oc(C)c1C(=O)OC(C)C(=O)Nc1ccc(S(=O)(=O)N2CCOCC2)cc1. The molecule has 10 nitrogen and oxygen atoms in total. The summed E-state index contributed by atoms with van der Waals surface area (Å²) in [7, 11) is -3.64. The minimum atomic E-state index is -3.64. The number of carbonyl (C=O) groups is 2. The van der Waals surface area contributed by atoms with Crippen LogP contribution in [0.2, 0.25) is 0 Å². The zero-order valence-corrected chi connectivity index (χ0v) is 18.7. The van der Waals surface area contributed by atoms with Gasteiger partial charge in [0.1, 0.15) is 11.3 Å². The van der Waals surface area contributed by atoms with E-state index in [-0.39, 0.29) is 29.3 Å². The molecule has 172 valence electrons. The molecule has 1 aliphatic heterocycles. The number of carbonyl (C=O) groups excluding carboxylic acids is 2. The second kappa shape index (κ2) is 9.63. The fourth-order valence-corrected chi connectivity index (χ4v) is 4.63. The number of esters is 1. The van der Waals surface area contributed by atoms with Crippen molar-refractivity contribution in [1.82, 2.24) is 4.31 Å². The summed E-state index contributed by atoms with van der Waals surface area (Å²) in [5.74, 6) is -1.29. The molecule has 1 amide bonds. The Kier molecular flexibility index (Phi) is 7.12. The molecular weight excluding hydrogens is 440 g/mol. The predicted octanol–water partition coefficient (Wildman–Crippen LogP) is 1.46. The van der Waals surface area contributed by atoms with Crippen molar-refractivity contribution in [2.75, 3.05) is 31.6 Å². The van der Waals surface area contributed by atoms with Crippen molar-refractivity contribution in [3.63, 3.8) is 0 Å². The van der Waals surface area contributed by atoms with Crippen molar-refractivity contribution in [3.8, 4) is 0 Å². The highest BCUT2D eigenvalue weighted by Crippen LogP contribution is 2.20. The van der Waals surface area contributed by atoms with Gasteiger partial charge in [-0.15, -0.1) is 0 Å². The molecule has 1 aromatic heterocycles. The molecule has 1 fully saturated rings. The first-order chi connectivity index (χ1) is 15.1. The summed E-state index contributed by atoms with van der Waals surface area (Å²) in [6, 6.07) is 6.88. The van der Waals surface area contributed by atoms with Gasteiger partial charge in [0.15, 0.2) is 6.10 Å². The Labute approximate surface area is 185 Å². The highest BCUT2D eigenvalue weighted by atomic mass is 32.2.